The van der Waals surface area contributed by atoms with Crippen molar-refractivity contribution < 1.29 is 4.42 Å². The van der Waals surface area contributed by atoms with Crippen LogP contribution in [-0.4, -0.2) is 4.57 Å². The number of para-hydroxylation sites is 2. The summed E-state index contributed by atoms with van der Waals surface area (Å²) in [4.78, 5) is 0. The third kappa shape index (κ3) is 3.48. The van der Waals surface area contributed by atoms with Crippen molar-refractivity contribution in [3.05, 3.63) is 162 Å². The van der Waals surface area contributed by atoms with Gasteiger partial charge in [-0.05, 0) is 104 Å². The van der Waals surface area contributed by atoms with Crippen molar-refractivity contribution in [3.63, 3.8) is 0 Å². The van der Waals surface area contributed by atoms with Crippen LogP contribution in [0.4, 0.5) is 0 Å². The molecule has 2 aliphatic carbocycles. The van der Waals surface area contributed by atoms with E-state index in [9.17, 15) is 0 Å². The highest BCUT2D eigenvalue weighted by Gasteiger charge is 2.39. The maximum atomic E-state index is 6.13. The van der Waals surface area contributed by atoms with Gasteiger partial charge in [-0.15, -0.1) is 0 Å². The molecule has 11 rings (SSSR count). The number of aromatic nitrogens is 1. The van der Waals surface area contributed by atoms with Crippen LogP contribution in [0.1, 0.15) is 49.9 Å². The maximum Gasteiger partial charge on any atom is 0.135 e. The molecule has 0 atom stereocenters. The Morgan fingerprint density at radius 2 is 1.08 bits per heavy atom. The first-order valence-electron chi connectivity index (χ1n) is 17.7. The first-order valence-corrected chi connectivity index (χ1v) is 17.7. The van der Waals surface area contributed by atoms with E-state index in [4.69, 9.17) is 4.42 Å². The molecular weight excluding hydrogens is 607 g/mol. The molecule has 0 spiro atoms. The number of hydrogen-bond donors (Lipinski definition) is 0. The van der Waals surface area contributed by atoms with Crippen LogP contribution < -0.4 is 0 Å². The fourth-order valence-electron chi connectivity index (χ4n) is 9.56. The summed E-state index contributed by atoms with van der Waals surface area (Å²) in [5.41, 5.74) is 18.8. The molecule has 2 aliphatic rings. The summed E-state index contributed by atoms with van der Waals surface area (Å²) in [6.45, 7) is 9.55. The molecule has 0 unspecified atom stereocenters. The summed E-state index contributed by atoms with van der Waals surface area (Å²) < 4.78 is 8.63. The first-order chi connectivity index (χ1) is 24.3. The summed E-state index contributed by atoms with van der Waals surface area (Å²) in [5.74, 6) is 0. The molecular formula is C48H35NO. The van der Waals surface area contributed by atoms with Gasteiger partial charge in [0, 0.05) is 38.1 Å². The average Bonchev–Trinajstić information content (AvgIpc) is 3.82. The lowest BCUT2D eigenvalue weighted by Crippen LogP contribution is -2.15. The molecule has 0 saturated heterocycles. The summed E-state index contributed by atoms with van der Waals surface area (Å²) in [7, 11) is 0. The van der Waals surface area contributed by atoms with Crippen LogP contribution in [0.2, 0.25) is 0 Å². The maximum absolute atomic E-state index is 6.13. The SMILES string of the molecule is CC1(C)c2cc(-c3ccc4oc5ccccc5c4c3)ccc2-c2ccc(-n3c4ccccc4c4c5c(ccc43)-c3ccccc3C5(C)C)cc21. The Kier molecular flexibility index (Phi) is 5.28. The molecule has 0 amide bonds. The number of benzene rings is 7. The van der Waals surface area contributed by atoms with E-state index in [1.54, 1.807) is 0 Å². The van der Waals surface area contributed by atoms with Gasteiger partial charge < -0.3 is 8.98 Å². The second kappa shape index (κ2) is 9.43. The molecule has 50 heavy (non-hydrogen) atoms. The molecule has 2 heterocycles. The van der Waals surface area contributed by atoms with E-state index in [0.717, 1.165) is 21.9 Å². The summed E-state index contributed by atoms with van der Waals surface area (Å²) >= 11 is 0. The van der Waals surface area contributed by atoms with Crippen LogP contribution in [0.25, 0.3) is 82.8 Å². The minimum absolute atomic E-state index is 0.0884. The van der Waals surface area contributed by atoms with Gasteiger partial charge in [-0.1, -0.05) is 119 Å². The minimum atomic E-state index is -0.160. The van der Waals surface area contributed by atoms with Gasteiger partial charge >= 0.3 is 0 Å². The Morgan fingerprint density at radius 3 is 1.96 bits per heavy atom. The third-order valence-electron chi connectivity index (χ3n) is 12.0. The van der Waals surface area contributed by atoms with E-state index < -0.39 is 0 Å². The normalized spacial score (nSPS) is 15.1. The summed E-state index contributed by atoms with van der Waals surface area (Å²) in [5, 5.41) is 5.01. The van der Waals surface area contributed by atoms with E-state index >= 15 is 0 Å². The predicted molar refractivity (Wildman–Crippen MR) is 209 cm³/mol. The number of hydrogen-bond acceptors (Lipinski definition) is 1. The molecule has 2 heteroatoms. The van der Waals surface area contributed by atoms with Crippen molar-refractivity contribution >= 4 is 43.7 Å². The van der Waals surface area contributed by atoms with Crippen LogP contribution in [-0.2, 0) is 10.8 Å². The molecule has 0 radical (unpaired) electrons. The largest absolute Gasteiger partial charge is 0.456 e. The van der Waals surface area contributed by atoms with Gasteiger partial charge in [0.2, 0.25) is 0 Å². The Bertz CT molecular complexity index is 2930. The summed E-state index contributed by atoms with van der Waals surface area (Å²) in [6, 6.07) is 51.7. The fourth-order valence-corrected chi connectivity index (χ4v) is 9.56. The minimum Gasteiger partial charge on any atom is -0.456 e. The second-order valence-electron chi connectivity index (χ2n) is 15.3. The molecule has 238 valence electrons. The van der Waals surface area contributed by atoms with Crippen molar-refractivity contribution in [3.8, 4) is 39.1 Å². The predicted octanol–water partition coefficient (Wildman–Crippen LogP) is 13.0. The first kappa shape index (κ1) is 28.0. The van der Waals surface area contributed by atoms with Crippen LogP contribution >= 0.6 is 0 Å². The average molecular weight is 642 g/mol. The zero-order valence-corrected chi connectivity index (χ0v) is 28.6. The zero-order chi connectivity index (χ0) is 33.5. The monoisotopic (exact) mass is 641 g/mol. The molecule has 0 saturated carbocycles. The van der Waals surface area contributed by atoms with Gasteiger partial charge in [0.25, 0.3) is 0 Å². The Hall–Kier alpha value is -5.86. The van der Waals surface area contributed by atoms with Crippen LogP contribution in [0.5, 0.6) is 0 Å². The highest BCUT2D eigenvalue weighted by Crippen LogP contribution is 2.54. The Labute approximate surface area is 291 Å². The molecule has 0 bridgehead atoms. The number of fused-ring (bicyclic) bond motifs is 13. The van der Waals surface area contributed by atoms with Crippen LogP contribution in [0.15, 0.2) is 144 Å². The number of rotatable bonds is 2. The third-order valence-corrected chi connectivity index (χ3v) is 12.0. The standard InChI is InChI=1S/C48H35NO/c1-47(2)39-26-29(28-18-24-44-37(25-28)34-12-7-10-16-43(34)50-44)17-20-32(39)33-21-19-30(27-40(33)47)49-41-15-9-6-13-36(41)45-42(49)23-22-35-31-11-5-8-14-38(31)48(3,4)46(35)45/h5-27H,1-4H3. The highest BCUT2D eigenvalue weighted by atomic mass is 16.3. The van der Waals surface area contributed by atoms with Crippen LogP contribution in [0, 0.1) is 0 Å². The quantitative estimate of drug-likeness (QED) is 0.184. The molecule has 7 aromatic carbocycles. The van der Waals surface area contributed by atoms with Gasteiger partial charge in [0.1, 0.15) is 11.2 Å². The van der Waals surface area contributed by atoms with Gasteiger partial charge in [-0.2, -0.15) is 0 Å². The lowest BCUT2D eigenvalue weighted by atomic mass is 9.80. The van der Waals surface area contributed by atoms with Gasteiger partial charge in [0.15, 0.2) is 0 Å². The topological polar surface area (TPSA) is 18.1 Å². The van der Waals surface area contributed by atoms with Crippen molar-refractivity contribution in [2.24, 2.45) is 0 Å². The van der Waals surface area contributed by atoms with E-state index in [0.29, 0.717) is 0 Å². The van der Waals surface area contributed by atoms with Crippen molar-refractivity contribution in [1.82, 2.24) is 4.57 Å². The number of furan rings is 1. The zero-order valence-electron chi connectivity index (χ0n) is 28.6. The lowest BCUT2D eigenvalue weighted by Gasteiger charge is -2.23. The molecule has 2 aromatic heterocycles. The Balaban J connectivity index is 1.07. The van der Waals surface area contributed by atoms with E-state index in [1.165, 1.54) is 83.1 Å². The van der Waals surface area contributed by atoms with Crippen LogP contribution in [0.3, 0.4) is 0 Å². The molecule has 0 fully saturated rings. The molecule has 0 aliphatic heterocycles. The van der Waals surface area contributed by atoms with Gasteiger partial charge in [0.05, 0.1) is 11.0 Å². The molecule has 2 nitrogen and oxygen atoms in total. The molecule has 9 aromatic rings. The van der Waals surface area contributed by atoms with Gasteiger partial charge in [-0.25, -0.2) is 0 Å². The van der Waals surface area contributed by atoms with Gasteiger partial charge in [-0.3, -0.25) is 0 Å². The second-order valence-corrected chi connectivity index (χ2v) is 15.3. The van der Waals surface area contributed by atoms with Crippen molar-refractivity contribution in [1.29, 1.82) is 0 Å². The van der Waals surface area contributed by atoms with E-state index in [2.05, 4.69) is 160 Å². The number of nitrogens with zero attached hydrogens (tertiary/aromatic N) is 1. The summed E-state index contributed by atoms with van der Waals surface area (Å²) in [6.07, 6.45) is 0. The highest BCUT2D eigenvalue weighted by molar-refractivity contribution is 6.14. The van der Waals surface area contributed by atoms with Crippen molar-refractivity contribution in [2.75, 3.05) is 0 Å². The van der Waals surface area contributed by atoms with E-state index in [1.807, 2.05) is 12.1 Å². The van der Waals surface area contributed by atoms with E-state index in [-0.39, 0.29) is 10.8 Å². The van der Waals surface area contributed by atoms with Crippen molar-refractivity contribution in [2.45, 2.75) is 38.5 Å². The lowest BCUT2D eigenvalue weighted by molar-refractivity contribution is 0.660. The Morgan fingerprint density at radius 1 is 0.440 bits per heavy atom. The smallest absolute Gasteiger partial charge is 0.135 e. The molecule has 0 N–H and O–H groups in total. The fraction of sp³-hybridized carbons (Fsp3) is 0.125.